The number of nitrogens with zero attached hydrogens (tertiary/aromatic N) is 4. The van der Waals surface area contributed by atoms with Gasteiger partial charge in [-0.3, -0.25) is 4.57 Å². The number of hydrogen-bond acceptors (Lipinski definition) is 4. The van der Waals surface area contributed by atoms with E-state index in [4.69, 9.17) is 16.3 Å². The smallest absolute Gasteiger partial charge is 0.163 e. The molecule has 2 rings (SSSR count). The average molecular weight is 281 g/mol. The Balaban J connectivity index is 2.41. The SMILES string of the molecule is COCc1nnc(CCl)n1-c1ccc(N(C)C)cc1. The molecule has 0 aliphatic heterocycles. The summed E-state index contributed by atoms with van der Waals surface area (Å²) >= 11 is 5.90. The van der Waals surface area contributed by atoms with Crippen LogP contribution in [0.2, 0.25) is 0 Å². The first-order valence-corrected chi connectivity index (χ1v) is 6.46. The topological polar surface area (TPSA) is 43.2 Å². The molecule has 0 fully saturated rings. The van der Waals surface area contributed by atoms with Crippen molar-refractivity contribution in [1.29, 1.82) is 0 Å². The summed E-state index contributed by atoms with van der Waals surface area (Å²) in [5.41, 5.74) is 2.12. The lowest BCUT2D eigenvalue weighted by Gasteiger charge is -2.14. The Hall–Kier alpha value is -1.59. The Bertz CT molecular complexity index is 536. The molecule has 1 aromatic heterocycles. The van der Waals surface area contributed by atoms with Gasteiger partial charge >= 0.3 is 0 Å². The van der Waals surface area contributed by atoms with Gasteiger partial charge in [0, 0.05) is 32.6 Å². The molecule has 19 heavy (non-hydrogen) atoms. The predicted molar refractivity (Wildman–Crippen MR) is 76.0 cm³/mol. The van der Waals surface area contributed by atoms with E-state index in [1.54, 1.807) is 7.11 Å². The fourth-order valence-corrected chi connectivity index (χ4v) is 2.03. The highest BCUT2D eigenvalue weighted by atomic mass is 35.5. The highest BCUT2D eigenvalue weighted by Gasteiger charge is 2.12. The number of aromatic nitrogens is 3. The zero-order chi connectivity index (χ0) is 13.8. The lowest BCUT2D eigenvalue weighted by atomic mass is 10.2. The summed E-state index contributed by atoms with van der Waals surface area (Å²) in [4.78, 5) is 2.05. The van der Waals surface area contributed by atoms with Gasteiger partial charge in [0.25, 0.3) is 0 Å². The van der Waals surface area contributed by atoms with E-state index in [1.807, 2.05) is 42.9 Å². The molecule has 5 nitrogen and oxygen atoms in total. The van der Waals surface area contributed by atoms with E-state index in [0.717, 1.165) is 17.2 Å². The van der Waals surface area contributed by atoms with Crippen molar-refractivity contribution in [2.45, 2.75) is 12.5 Å². The van der Waals surface area contributed by atoms with Gasteiger partial charge in [-0.15, -0.1) is 21.8 Å². The summed E-state index contributed by atoms with van der Waals surface area (Å²) in [5.74, 6) is 1.77. The van der Waals surface area contributed by atoms with Gasteiger partial charge in [0.05, 0.1) is 5.88 Å². The number of hydrogen-bond donors (Lipinski definition) is 0. The minimum atomic E-state index is 0.312. The van der Waals surface area contributed by atoms with Crippen molar-refractivity contribution in [3.05, 3.63) is 35.9 Å². The van der Waals surface area contributed by atoms with Gasteiger partial charge in [-0.2, -0.15) is 0 Å². The maximum atomic E-state index is 5.90. The summed E-state index contributed by atoms with van der Waals surface area (Å²) < 4.78 is 7.06. The standard InChI is InChI=1S/C13H17ClN4O/c1-17(2)10-4-6-11(7-5-10)18-12(8-14)15-16-13(18)9-19-3/h4-7H,8-9H2,1-3H3. The summed E-state index contributed by atoms with van der Waals surface area (Å²) in [6.07, 6.45) is 0. The zero-order valence-electron chi connectivity index (χ0n) is 11.3. The van der Waals surface area contributed by atoms with Crippen molar-refractivity contribution in [2.24, 2.45) is 0 Å². The third kappa shape index (κ3) is 2.88. The summed E-state index contributed by atoms with van der Waals surface area (Å²) in [6.45, 7) is 0.402. The quantitative estimate of drug-likeness (QED) is 0.788. The maximum absolute atomic E-state index is 5.90. The van der Waals surface area contributed by atoms with Crippen LogP contribution < -0.4 is 4.90 Å². The molecule has 0 amide bonds. The van der Waals surface area contributed by atoms with Gasteiger partial charge in [-0.05, 0) is 24.3 Å². The van der Waals surface area contributed by atoms with Gasteiger partial charge in [-0.25, -0.2) is 0 Å². The number of halogens is 1. The van der Waals surface area contributed by atoms with Crippen molar-refractivity contribution in [1.82, 2.24) is 14.8 Å². The van der Waals surface area contributed by atoms with E-state index < -0.39 is 0 Å². The van der Waals surface area contributed by atoms with Crippen LogP contribution in [-0.2, 0) is 17.2 Å². The van der Waals surface area contributed by atoms with Crippen LogP contribution in [-0.4, -0.2) is 36.0 Å². The molecule has 0 saturated heterocycles. The van der Waals surface area contributed by atoms with Crippen molar-refractivity contribution >= 4 is 17.3 Å². The van der Waals surface area contributed by atoms with Crippen molar-refractivity contribution in [3.8, 4) is 5.69 Å². The van der Waals surface area contributed by atoms with Crippen LogP contribution in [0.3, 0.4) is 0 Å². The number of anilines is 1. The molecule has 1 heterocycles. The van der Waals surface area contributed by atoms with Gasteiger partial charge in [-0.1, -0.05) is 0 Å². The van der Waals surface area contributed by atoms with Crippen LogP contribution in [0.5, 0.6) is 0 Å². The van der Waals surface area contributed by atoms with Crippen LogP contribution in [0.1, 0.15) is 11.6 Å². The molecule has 0 saturated carbocycles. The van der Waals surface area contributed by atoms with Crippen molar-refractivity contribution in [3.63, 3.8) is 0 Å². The molecule has 0 bridgehead atoms. The first kappa shape index (κ1) is 13.8. The molecular formula is C13H17ClN4O. The third-order valence-electron chi connectivity index (χ3n) is 2.81. The zero-order valence-corrected chi connectivity index (χ0v) is 12.1. The van der Waals surface area contributed by atoms with Crippen LogP contribution in [0.15, 0.2) is 24.3 Å². The van der Waals surface area contributed by atoms with E-state index in [9.17, 15) is 0 Å². The number of alkyl halides is 1. The third-order valence-corrected chi connectivity index (χ3v) is 3.05. The second kappa shape index (κ2) is 6.04. The molecule has 0 atom stereocenters. The first-order valence-electron chi connectivity index (χ1n) is 5.93. The van der Waals surface area contributed by atoms with Crippen molar-refractivity contribution < 1.29 is 4.74 Å². The number of methoxy groups -OCH3 is 1. The molecule has 102 valence electrons. The summed E-state index contributed by atoms with van der Waals surface area (Å²) in [6, 6.07) is 8.13. The minimum absolute atomic E-state index is 0.312. The molecule has 2 aromatic rings. The van der Waals surface area contributed by atoms with E-state index in [1.165, 1.54) is 0 Å². The number of ether oxygens (including phenoxy) is 1. The minimum Gasteiger partial charge on any atom is -0.378 e. The average Bonchev–Trinajstić information content (AvgIpc) is 2.82. The van der Waals surface area contributed by atoms with Crippen LogP contribution >= 0.6 is 11.6 Å². The lowest BCUT2D eigenvalue weighted by molar-refractivity contribution is 0.176. The predicted octanol–water partition coefficient (Wildman–Crippen LogP) is 2.22. The molecule has 0 unspecified atom stereocenters. The lowest BCUT2D eigenvalue weighted by Crippen LogP contribution is -2.09. The Kier molecular flexibility index (Phi) is 4.39. The maximum Gasteiger partial charge on any atom is 0.163 e. The Morgan fingerprint density at radius 2 is 1.79 bits per heavy atom. The fraction of sp³-hybridized carbons (Fsp3) is 0.385. The molecule has 0 aliphatic carbocycles. The largest absolute Gasteiger partial charge is 0.378 e. The molecule has 0 radical (unpaired) electrons. The normalized spacial score (nSPS) is 10.7. The second-order valence-corrected chi connectivity index (χ2v) is 4.61. The van der Waals surface area contributed by atoms with E-state index >= 15 is 0 Å². The van der Waals surface area contributed by atoms with Gasteiger partial charge in [0.15, 0.2) is 11.6 Å². The van der Waals surface area contributed by atoms with Crippen LogP contribution in [0.4, 0.5) is 5.69 Å². The number of rotatable bonds is 5. The van der Waals surface area contributed by atoms with Crippen molar-refractivity contribution in [2.75, 3.05) is 26.1 Å². The Morgan fingerprint density at radius 3 is 2.32 bits per heavy atom. The molecule has 0 N–H and O–H groups in total. The van der Waals surface area contributed by atoms with Crippen LogP contribution in [0.25, 0.3) is 5.69 Å². The molecular weight excluding hydrogens is 264 g/mol. The van der Waals surface area contributed by atoms with E-state index in [-0.39, 0.29) is 0 Å². The molecule has 1 aromatic carbocycles. The Morgan fingerprint density at radius 1 is 1.16 bits per heavy atom. The monoisotopic (exact) mass is 280 g/mol. The summed E-state index contributed by atoms with van der Waals surface area (Å²) in [5, 5.41) is 8.18. The highest BCUT2D eigenvalue weighted by molar-refractivity contribution is 6.16. The van der Waals surface area contributed by atoms with Gasteiger partial charge < -0.3 is 9.64 Å². The Labute approximate surface area is 117 Å². The second-order valence-electron chi connectivity index (χ2n) is 4.35. The number of benzene rings is 1. The summed E-state index contributed by atoms with van der Waals surface area (Å²) in [7, 11) is 5.65. The molecule has 0 aliphatic rings. The first-order chi connectivity index (χ1) is 9.17. The van der Waals surface area contributed by atoms with Gasteiger partial charge in [0.1, 0.15) is 6.61 Å². The molecule has 0 spiro atoms. The van der Waals surface area contributed by atoms with Gasteiger partial charge in [0.2, 0.25) is 0 Å². The van der Waals surface area contributed by atoms with E-state index in [2.05, 4.69) is 15.1 Å². The van der Waals surface area contributed by atoms with E-state index in [0.29, 0.717) is 18.3 Å². The fourth-order valence-electron chi connectivity index (χ4n) is 1.86. The molecule has 6 heteroatoms. The van der Waals surface area contributed by atoms with Crippen LogP contribution in [0, 0.1) is 0 Å². The highest BCUT2D eigenvalue weighted by Crippen LogP contribution is 2.19.